The summed E-state index contributed by atoms with van der Waals surface area (Å²) < 4.78 is 7.82. The molecule has 1 aromatic carbocycles. The van der Waals surface area contributed by atoms with E-state index in [1.807, 2.05) is 26.8 Å². The third kappa shape index (κ3) is 7.40. The van der Waals surface area contributed by atoms with Crippen LogP contribution in [0.15, 0.2) is 24.3 Å². The molecule has 2 N–H and O–H groups in total. The molecule has 0 aromatic heterocycles. The average molecular weight is 497 g/mol. The number of hydrogen-bond acceptors (Lipinski definition) is 4. The van der Waals surface area contributed by atoms with Gasteiger partial charge in [0.2, 0.25) is 17.5 Å². The number of carbonyl (C=O) groups is 3. The van der Waals surface area contributed by atoms with Gasteiger partial charge in [0.25, 0.3) is 0 Å². The van der Waals surface area contributed by atoms with Crippen molar-refractivity contribution in [2.75, 3.05) is 13.1 Å². The van der Waals surface area contributed by atoms with Crippen LogP contribution in [0.25, 0.3) is 0 Å². The van der Waals surface area contributed by atoms with Gasteiger partial charge >= 0.3 is 5.97 Å². The van der Waals surface area contributed by atoms with Crippen LogP contribution in [0.1, 0.15) is 90.0 Å². The largest absolute Gasteiger partial charge is 0.460 e. The van der Waals surface area contributed by atoms with Crippen LogP contribution in [-0.2, 0) is 19.1 Å². The molecule has 7 heteroatoms. The molecule has 0 saturated heterocycles. The van der Waals surface area contributed by atoms with Gasteiger partial charge in [0.05, 0.1) is 12.3 Å². The fraction of sp³-hybridized carbons (Fsp3) is 0.655. The Labute approximate surface area is 215 Å². The lowest BCUT2D eigenvalue weighted by Gasteiger charge is -2.25. The maximum atomic E-state index is 13.5. The number of esters is 1. The summed E-state index contributed by atoms with van der Waals surface area (Å²) in [7, 11) is 0. The molecule has 2 aliphatic heterocycles. The van der Waals surface area contributed by atoms with Crippen molar-refractivity contribution in [3.05, 3.63) is 29.8 Å². The summed E-state index contributed by atoms with van der Waals surface area (Å²) in [6.07, 6.45) is 9.82. The van der Waals surface area contributed by atoms with E-state index in [-0.39, 0.29) is 30.1 Å². The zero-order valence-electron chi connectivity index (χ0n) is 22.1. The minimum absolute atomic E-state index is 0.0418. The minimum Gasteiger partial charge on any atom is -0.460 e. The topological polar surface area (TPSA) is 87.5 Å². The summed E-state index contributed by atoms with van der Waals surface area (Å²) in [4.78, 5) is 39.3. The SMILES string of the molecule is CC(C)(C)OC(=O)C[C@@H](CC1CC1)C(=O)N[C@H]1CC2C=[N+](CCCCCCNC1=O)c1ccccc12. The second kappa shape index (κ2) is 11.6. The maximum absolute atomic E-state index is 13.5. The Balaban J connectivity index is 1.51. The fourth-order valence-corrected chi connectivity index (χ4v) is 5.32. The van der Waals surface area contributed by atoms with E-state index in [4.69, 9.17) is 4.74 Å². The molecule has 2 heterocycles. The lowest BCUT2D eigenvalue weighted by Crippen LogP contribution is -2.49. The number of nitrogens with zero attached hydrogens (tertiary/aromatic N) is 1. The summed E-state index contributed by atoms with van der Waals surface area (Å²) in [5, 5.41) is 6.10. The Morgan fingerprint density at radius 2 is 1.89 bits per heavy atom. The summed E-state index contributed by atoms with van der Waals surface area (Å²) in [5.74, 6) is -0.696. The number of para-hydroxylation sites is 1. The number of benzene rings is 1. The van der Waals surface area contributed by atoms with Crippen LogP contribution in [-0.4, -0.2) is 53.3 Å². The number of fused-ring (bicyclic) bond motifs is 4. The van der Waals surface area contributed by atoms with E-state index in [2.05, 4.69) is 39.6 Å². The lowest BCUT2D eigenvalue weighted by molar-refractivity contribution is -0.433. The van der Waals surface area contributed by atoms with Crippen LogP contribution in [0.5, 0.6) is 0 Å². The number of carbonyl (C=O) groups excluding carboxylic acids is 3. The van der Waals surface area contributed by atoms with Crippen molar-refractivity contribution in [1.29, 1.82) is 0 Å². The molecule has 0 spiro atoms. The van der Waals surface area contributed by atoms with E-state index in [1.54, 1.807) is 0 Å². The third-order valence-corrected chi connectivity index (χ3v) is 7.27. The van der Waals surface area contributed by atoms with Crippen LogP contribution in [0, 0.1) is 11.8 Å². The van der Waals surface area contributed by atoms with Crippen LogP contribution >= 0.6 is 0 Å². The van der Waals surface area contributed by atoms with Crippen LogP contribution in [0.4, 0.5) is 5.69 Å². The summed E-state index contributed by atoms with van der Waals surface area (Å²) in [5.41, 5.74) is 1.80. The predicted octanol–water partition coefficient (Wildman–Crippen LogP) is 4.21. The lowest BCUT2D eigenvalue weighted by atomic mass is 9.92. The minimum atomic E-state index is -0.659. The van der Waals surface area contributed by atoms with Crippen molar-refractivity contribution >= 4 is 29.7 Å². The third-order valence-electron chi connectivity index (χ3n) is 7.27. The number of nitrogens with one attached hydrogen (secondary N) is 2. The standard InChI is InChI=1S/C29H41N3O4/c1-29(2,3)36-26(33)18-21(16-20-12-13-20)27(34)31-24-17-22-19-32(25-11-7-6-10-23(22)25)15-9-5-4-8-14-30-28(24)35/h6-7,10-11,19-22,24H,4-5,8-9,12-18H2,1-3H3,(H-,30,31,34,35)/p+1/t21-,22?,24+/m1/s1. The molecule has 1 saturated carbocycles. The number of ether oxygens (including phenoxy) is 1. The van der Waals surface area contributed by atoms with Crippen LogP contribution in [0.3, 0.4) is 0 Å². The molecule has 7 nitrogen and oxygen atoms in total. The van der Waals surface area contributed by atoms with Gasteiger partial charge in [-0.3, -0.25) is 14.4 Å². The Kier molecular flexibility index (Phi) is 8.47. The molecule has 1 aliphatic carbocycles. The van der Waals surface area contributed by atoms with Crippen molar-refractivity contribution in [2.24, 2.45) is 11.8 Å². The van der Waals surface area contributed by atoms with E-state index in [0.29, 0.717) is 25.3 Å². The first-order valence-electron chi connectivity index (χ1n) is 13.7. The molecule has 1 unspecified atom stereocenters. The van der Waals surface area contributed by atoms with Crippen LogP contribution in [0.2, 0.25) is 0 Å². The van der Waals surface area contributed by atoms with Gasteiger partial charge in [-0.2, -0.15) is 0 Å². The van der Waals surface area contributed by atoms with Crippen molar-refractivity contribution in [3.8, 4) is 0 Å². The Hall–Kier alpha value is -2.70. The summed E-state index contributed by atoms with van der Waals surface area (Å²) in [6, 6.07) is 7.69. The van der Waals surface area contributed by atoms with Gasteiger partial charge in [-0.05, 0) is 52.4 Å². The van der Waals surface area contributed by atoms with E-state index < -0.39 is 17.6 Å². The first kappa shape index (κ1) is 26.4. The Bertz CT molecular complexity index is 992. The zero-order chi connectivity index (χ0) is 25.7. The molecule has 4 rings (SSSR count). The maximum Gasteiger partial charge on any atom is 0.307 e. The Morgan fingerprint density at radius 3 is 2.64 bits per heavy atom. The second-order valence-electron chi connectivity index (χ2n) is 11.7. The molecule has 2 amide bonds. The summed E-state index contributed by atoms with van der Waals surface area (Å²) in [6.45, 7) is 7.07. The van der Waals surface area contributed by atoms with Crippen molar-refractivity contribution in [2.45, 2.75) is 96.1 Å². The molecular weight excluding hydrogens is 454 g/mol. The van der Waals surface area contributed by atoms with Gasteiger partial charge in [0, 0.05) is 30.5 Å². The van der Waals surface area contributed by atoms with E-state index >= 15 is 0 Å². The summed E-state index contributed by atoms with van der Waals surface area (Å²) >= 11 is 0. The molecule has 1 fully saturated rings. The van der Waals surface area contributed by atoms with Gasteiger partial charge < -0.3 is 15.4 Å². The highest BCUT2D eigenvalue weighted by molar-refractivity contribution is 5.90. The van der Waals surface area contributed by atoms with Gasteiger partial charge in [-0.15, -0.1) is 0 Å². The molecule has 3 aliphatic rings. The average Bonchev–Trinajstić information content (AvgIpc) is 3.56. The van der Waals surface area contributed by atoms with Crippen LogP contribution < -0.4 is 10.6 Å². The smallest absolute Gasteiger partial charge is 0.307 e. The molecule has 0 radical (unpaired) electrons. The fourth-order valence-electron chi connectivity index (χ4n) is 5.32. The van der Waals surface area contributed by atoms with Gasteiger partial charge in [-0.1, -0.05) is 37.5 Å². The molecule has 1 aromatic rings. The molecule has 2 bridgehead atoms. The quantitative estimate of drug-likeness (QED) is 0.456. The highest BCUT2D eigenvalue weighted by Gasteiger charge is 2.37. The van der Waals surface area contributed by atoms with Gasteiger partial charge in [0.1, 0.15) is 18.2 Å². The van der Waals surface area contributed by atoms with E-state index in [0.717, 1.165) is 45.1 Å². The number of amides is 2. The first-order chi connectivity index (χ1) is 17.2. The van der Waals surface area contributed by atoms with Crippen molar-refractivity contribution in [1.82, 2.24) is 10.6 Å². The van der Waals surface area contributed by atoms with E-state index in [9.17, 15) is 14.4 Å². The molecule has 36 heavy (non-hydrogen) atoms. The molecule has 3 atom stereocenters. The highest BCUT2D eigenvalue weighted by Crippen LogP contribution is 2.37. The monoisotopic (exact) mass is 496 g/mol. The highest BCUT2D eigenvalue weighted by atomic mass is 16.6. The van der Waals surface area contributed by atoms with Crippen molar-refractivity contribution in [3.63, 3.8) is 0 Å². The number of rotatable bonds is 6. The molecule has 196 valence electrons. The zero-order valence-corrected chi connectivity index (χ0v) is 22.1. The first-order valence-corrected chi connectivity index (χ1v) is 13.7. The molecular formula is C29H42N3O4+. The Morgan fingerprint density at radius 1 is 1.14 bits per heavy atom. The predicted molar refractivity (Wildman–Crippen MR) is 139 cm³/mol. The van der Waals surface area contributed by atoms with E-state index in [1.165, 1.54) is 11.3 Å². The normalized spacial score (nSPS) is 23.6. The van der Waals surface area contributed by atoms with Gasteiger partial charge in [0.15, 0.2) is 6.21 Å². The van der Waals surface area contributed by atoms with Gasteiger partial charge in [-0.25, -0.2) is 4.58 Å². The van der Waals surface area contributed by atoms with Crippen molar-refractivity contribution < 1.29 is 23.7 Å². The number of hydrogen-bond donors (Lipinski definition) is 2. The second-order valence-corrected chi connectivity index (χ2v) is 11.7.